The summed E-state index contributed by atoms with van der Waals surface area (Å²) in [4.78, 5) is 26.0. The Balaban J connectivity index is 1.68. The number of aromatic amines is 1. The zero-order chi connectivity index (χ0) is 15.5. The standard InChI is InChI=1S/C16H20N4O2/c1-12-9-14(18-17-12)13-5-4-8-19(10-13)16(22)11-20-7-3-2-6-15(20)21/h2-3,6-7,9,13H,4-5,8,10-11H2,1H3,(H,17,18). The Kier molecular flexibility index (Phi) is 4.09. The molecule has 22 heavy (non-hydrogen) atoms. The molecule has 0 aliphatic carbocycles. The number of carbonyl (C=O) groups excluding carboxylic acids is 1. The van der Waals surface area contributed by atoms with E-state index in [0.717, 1.165) is 30.8 Å². The highest BCUT2D eigenvalue weighted by Crippen LogP contribution is 2.25. The number of hydrogen-bond acceptors (Lipinski definition) is 3. The van der Waals surface area contributed by atoms with Gasteiger partial charge in [-0.3, -0.25) is 14.7 Å². The molecule has 0 spiro atoms. The van der Waals surface area contributed by atoms with Crippen molar-refractivity contribution in [1.82, 2.24) is 19.7 Å². The average Bonchev–Trinajstić information content (AvgIpc) is 2.96. The molecule has 0 radical (unpaired) electrons. The molecule has 3 rings (SSSR count). The summed E-state index contributed by atoms with van der Waals surface area (Å²) >= 11 is 0. The Morgan fingerprint density at radius 1 is 1.45 bits per heavy atom. The number of carbonyl (C=O) groups is 1. The van der Waals surface area contributed by atoms with E-state index in [4.69, 9.17) is 0 Å². The van der Waals surface area contributed by atoms with Gasteiger partial charge in [-0.05, 0) is 31.9 Å². The highest BCUT2D eigenvalue weighted by Gasteiger charge is 2.26. The van der Waals surface area contributed by atoms with Crippen molar-refractivity contribution in [2.75, 3.05) is 13.1 Å². The third-order valence-corrected chi connectivity index (χ3v) is 4.12. The Bertz CT molecular complexity index is 719. The van der Waals surface area contributed by atoms with Gasteiger partial charge in [0.25, 0.3) is 5.56 Å². The fourth-order valence-corrected chi connectivity index (χ4v) is 2.93. The summed E-state index contributed by atoms with van der Waals surface area (Å²) in [5.74, 6) is 0.264. The Morgan fingerprint density at radius 2 is 2.32 bits per heavy atom. The number of rotatable bonds is 3. The third kappa shape index (κ3) is 3.10. The molecule has 1 saturated heterocycles. The van der Waals surface area contributed by atoms with Gasteiger partial charge in [0.2, 0.25) is 5.91 Å². The van der Waals surface area contributed by atoms with E-state index in [1.807, 2.05) is 17.9 Å². The summed E-state index contributed by atoms with van der Waals surface area (Å²) < 4.78 is 1.45. The number of nitrogens with zero attached hydrogens (tertiary/aromatic N) is 3. The van der Waals surface area contributed by atoms with Crippen LogP contribution in [0.4, 0.5) is 0 Å². The predicted octanol–water partition coefficient (Wildman–Crippen LogP) is 1.29. The van der Waals surface area contributed by atoms with Crippen molar-refractivity contribution in [3.05, 3.63) is 52.2 Å². The summed E-state index contributed by atoms with van der Waals surface area (Å²) in [5, 5.41) is 7.27. The fraction of sp³-hybridized carbons (Fsp3) is 0.438. The second-order valence-corrected chi connectivity index (χ2v) is 5.82. The van der Waals surface area contributed by atoms with Crippen molar-refractivity contribution < 1.29 is 4.79 Å². The highest BCUT2D eigenvalue weighted by molar-refractivity contribution is 5.76. The number of pyridine rings is 1. The molecule has 2 aromatic heterocycles. The molecule has 2 aromatic rings. The van der Waals surface area contributed by atoms with Crippen molar-refractivity contribution in [2.24, 2.45) is 0 Å². The number of H-pyrrole nitrogens is 1. The van der Waals surface area contributed by atoms with Gasteiger partial charge in [-0.1, -0.05) is 6.07 Å². The molecule has 3 heterocycles. The Labute approximate surface area is 128 Å². The van der Waals surface area contributed by atoms with Crippen LogP contribution in [0.25, 0.3) is 0 Å². The van der Waals surface area contributed by atoms with E-state index >= 15 is 0 Å². The van der Waals surface area contributed by atoms with E-state index < -0.39 is 0 Å². The number of hydrogen-bond donors (Lipinski definition) is 1. The molecule has 1 aliphatic rings. The molecule has 0 saturated carbocycles. The molecule has 0 bridgehead atoms. The smallest absolute Gasteiger partial charge is 0.250 e. The first-order valence-corrected chi connectivity index (χ1v) is 7.58. The van der Waals surface area contributed by atoms with Crippen LogP contribution in [0.3, 0.4) is 0 Å². The monoisotopic (exact) mass is 300 g/mol. The molecule has 1 fully saturated rings. The molecule has 1 aliphatic heterocycles. The molecular weight excluding hydrogens is 280 g/mol. The number of nitrogens with one attached hydrogen (secondary N) is 1. The number of amides is 1. The molecule has 6 nitrogen and oxygen atoms in total. The lowest BCUT2D eigenvalue weighted by atomic mass is 9.94. The van der Waals surface area contributed by atoms with Crippen molar-refractivity contribution in [3.63, 3.8) is 0 Å². The molecule has 6 heteroatoms. The molecule has 0 aromatic carbocycles. The van der Waals surface area contributed by atoms with E-state index in [9.17, 15) is 9.59 Å². The highest BCUT2D eigenvalue weighted by atomic mass is 16.2. The minimum atomic E-state index is -0.146. The quantitative estimate of drug-likeness (QED) is 0.928. The summed E-state index contributed by atoms with van der Waals surface area (Å²) in [7, 11) is 0. The van der Waals surface area contributed by atoms with Gasteiger partial charge >= 0.3 is 0 Å². The van der Waals surface area contributed by atoms with Crippen LogP contribution in [0.15, 0.2) is 35.3 Å². The summed E-state index contributed by atoms with van der Waals surface area (Å²) in [6, 6.07) is 6.96. The molecule has 1 unspecified atom stereocenters. The maximum atomic E-state index is 12.4. The molecule has 116 valence electrons. The third-order valence-electron chi connectivity index (χ3n) is 4.12. The lowest BCUT2D eigenvalue weighted by molar-refractivity contribution is -0.133. The Hall–Kier alpha value is -2.37. The lowest BCUT2D eigenvalue weighted by Gasteiger charge is -2.32. The average molecular weight is 300 g/mol. The van der Waals surface area contributed by atoms with Gasteiger partial charge in [0.15, 0.2) is 0 Å². The maximum Gasteiger partial charge on any atom is 0.250 e. The van der Waals surface area contributed by atoms with E-state index in [-0.39, 0.29) is 23.9 Å². The zero-order valence-electron chi connectivity index (χ0n) is 12.7. The van der Waals surface area contributed by atoms with Gasteiger partial charge in [0.05, 0.1) is 5.69 Å². The number of likely N-dealkylation sites (tertiary alicyclic amines) is 1. The van der Waals surface area contributed by atoms with Crippen LogP contribution in [-0.4, -0.2) is 38.7 Å². The Morgan fingerprint density at radius 3 is 3.05 bits per heavy atom. The van der Waals surface area contributed by atoms with Crippen LogP contribution in [0.1, 0.15) is 30.1 Å². The summed E-state index contributed by atoms with van der Waals surface area (Å²) in [6.45, 7) is 3.50. The van der Waals surface area contributed by atoms with Gasteiger partial charge < -0.3 is 9.47 Å². The minimum absolute atomic E-state index is 0.00902. The number of piperidine rings is 1. The largest absolute Gasteiger partial charge is 0.340 e. The SMILES string of the molecule is Cc1cc(C2CCCN(C(=O)Cn3ccccc3=O)C2)n[nH]1. The van der Waals surface area contributed by atoms with E-state index in [1.165, 1.54) is 10.6 Å². The van der Waals surface area contributed by atoms with Gasteiger partial charge in [0.1, 0.15) is 6.54 Å². The van der Waals surface area contributed by atoms with Gasteiger partial charge in [-0.25, -0.2) is 0 Å². The fourth-order valence-electron chi connectivity index (χ4n) is 2.93. The maximum absolute atomic E-state index is 12.4. The van der Waals surface area contributed by atoms with Crippen LogP contribution in [0.2, 0.25) is 0 Å². The van der Waals surface area contributed by atoms with Gasteiger partial charge in [-0.2, -0.15) is 5.10 Å². The zero-order valence-corrected chi connectivity index (χ0v) is 12.7. The van der Waals surface area contributed by atoms with Crippen molar-refractivity contribution in [1.29, 1.82) is 0 Å². The van der Waals surface area contributed by atoms with E-state index in [1.54, 1.807) is 18.3 Å². The van der Waals surface area contributed by atoms with Crippen LogP contribution in [0, 0.1) is 6.92 Å². The molecule has 1 N–H and O–H groups in total. The first kappa shape index (κ1) is 14.6. The second kappa shape index (κ2) is 6.17. The topological polar surface area (TPSA) is 71.0 Å². The van der Waals surface area contributed by atoms with Crippen LogP contribution in [-0.2, 0) is 11.3 Å². The van der Waals surface area contributed by atoms with Crippen LogP contribution >= 0.6 is 0 Å². The molecule has 1 amide bonds. The minimum Gasteiger partial charge on any atom is -0.340 e. The number of aryl methyl sites for hydroxylation is 1. The van der Waals surface area contributed by atoms with E-state index in [0.29, 0.717) is 6.54 Å². The lowest BCUT2D eigenvalue weighted by Crippen LogP contribution is -2.42. The summed E-state index contributed by atoms with van der Waals surface area (Å²) in [5.41, 5.74) is 1.91. The summed E-state index contributed by atoms with van der Waals surface area (Å²) in [6.07, 6.45) is 3.66. The van der Waals surface area contributed by atoms with Crippen molar-refractivity contribution >= 4 is 5.91 Å². The van der Waals surface area contributed by atoms with Gasteiger partial charge in [0, 0.05) is 37.0 Å². The predicted molar refractivity (Wildman–Crippen MR) is 82.6 cm³/mol. The van der Waals surface area contributed by atoms with Crippen molar-refractivity contribution in [3.8, 4) is 0 Å². The van der Waals surface area contributed by atoms with Crippen molar-refractivity contribution in [2.45, 2.75) is 32.2 Å². The first-order valence-electron chi connectivity index (χ1n) is 7.58. The van der Waals surface area contributed by atoms with Crippen LogP contribution in [0.5, 0.6) is 0 Å². The molecule has 1 atom stereocenters. The first-order chi connectivity index (χ1) is 10.6. The molecular formula is C16H20N4O2. The second-order valence-electron chi connectivity index (χ2n) is 5.82. The van der Waals surface area contributed by atoms with E-state index in [2.05, 4.69) is 10.2 Å². The normalized spacial score (nSPS) is 18.4. The number of aromatic nitrogens is 3. The van der Waals surface area contributed by atoms with Gasteiger partial charge in [-0.15, -0.1) is 0 Å². The van der Waals surface area contributed by atoms with Crippen LogP contribution < -0.4 is 5.56 Å².